The van der Waals surface area contributed by atoms with Crippen molar-refractivity contribution in [1.29, 1.82) is 0 Å². The SMILES string of the molecule is Cc1ccc([C@@H](CC(=O)N[C@@H]2C[C@H](C)N(C)C[C@@H]2C)c2ccco2)cc1. The number of aryl methyl sites for hydroxylation is 1. The second-order valence-electron chi connectivity index (χ2n) is 7.86. The Bertz CT molecular complexity index is 708. The molecule has 0 saturated carbocycles. The number of hydrogen-bond acceptors (Lipinski definition) is 3. The molecule has 0 unspecified atom stereocenters. The van der Waals surface area contributed by atoms with Crippen molar-refractivity contribution in [2.75, 3.05) is 13.6 Å². The third kappa shape index (κ3) is 4.36. The van der Waals surface area contributed by atoms with Gasteiger partial charge in [0.05, 0.1) is 12.2 Å². The zero-order chi connectivity index (χ0) is 18.7. The van der Waals surface area contributed by atoms with Gasteiger partial charge < -0.3 is 14.6 Å². The predicted octanol–water partition coefficient (Wildman–Crippen LogP) is 3.95. The first-order valence-electron chi connectivity index (χ1n) is 9.53. The predicted molar refractivity (Wildman–Crippen MR) is 104 cm³/mol. The highest BCUT2D eigenvalue weighted by atomic mass is 16.3. The van der Waals surface area contributed by atoms with E-state index in [1.54, 1.807) is 6.26 Å². The number of benzene rings is 1. The molecule has 1 aliphatic rings. The third-order valence-corrected chi connectivity index (χ3v) is 5.71. The van der Waals surface area contributed by atoms with Crippen molar-refractivity contribution in [3.8, 4) is 0 Å². The Morgan fingerprint density at radius 1 is 1.27 bits per heavy atom. The third-order valence-electron chi connectivity index (χ3n) is 5.71. The van der Waals surface area contributed by atoms with Crippen LogP contribution in [0.2, 0.25) is 0 Å². The summed E-state index contributed by atoms with van der Waals surface area (Å²) in [6.07, 6.45) is 3.08. The van der Waals surface area contributed by atoms with E-state index in [4.69, 9.17) is 4.42 Å². The maximum atomic E-state index is 12.8. The van der Waals surface area contributed by atoms with Crippen LogP contribution in [0, 0.1) is 12.8 Å². The fourth-order valence-electron chi connectivity index (χ4n) is 3.86. The molecule has 1 saturated heterocycles. The molecular weight excluding hydrogens is 324 g/mol. The van der Waals surface area contributed by atoms with Gasteiger partial charge in [0.25, 0.3) is 0 Å². The lowest BCUT2D eigenvalue weighted by atomic mass is 9.88. The van der Waals surface area contributed by atoms with Crippen LogP contribution in [0.25, 0.3) is 0 Å². The van der Waals surface area contributed by atoms with Crippen LogP contribution in [0.1, 0.15) is 49.5 Å². The number of piperidine rings is 1. The van der Waals surface area contributed by atoms with Gasteiger partial charge in [0.15, 0.2) is 0 Å². The van der Waals surface area contributed by atoms with Crippen molar-refractivity contribution < 1.29 is 9.21 Å². The molecule has 1 aromatic heterocycles. The monoisotopic (exact) mass is 354 g/mol. The Hall–Kier alpha value is -2.07. The Balaban J connectivity index is 1.71. The molecule has 1 amide bonds. The number of furan rings is 1. The van der Waals surface area contributed by atoms with Crippen molar-refractivity contribution in [2.45, 2.75) is 51.6 Å². The lowest BCUT2D eigenvalue weighted by Gasteiger charge is -2.40. The number of hydrogen-bond donors (Lipinski definition) is 1. The summed E-state index contributed by atoms with van der Waals surface area (Å²) in [6.45, 7) is 7.53. The van der Waals surface area contributed by atoms with Gasteiger partial charge in [-0.2, -0.15) is 0 Å². The number of carbonyl (C=O) groups excluding carboxylic acids is 1. The maximum absolute atomic E-state index is 12.8. The van der Waals surface area contributed by atoms with Gasteiger partial charge >= 0.3 is 0 Å². The van der Waals surface area contributed by atoms with Crippen molar-refractivity contribution in [3.63, 3.8) is 0 Å². The van der Waals surface area contributed by atoms with Crippen LogP contribution < -0.4 is 5.32 Å². The van der Waals surface area contributed by atoms with E-state index in [1.165, 1.54) is 5.56 Å². The standard InChI is InChI=1S/C22H30N2O2/c1-15-7-9-18(10-8-15)19(21-6-5-11-26-21)13-22(25)23-20-12-17(3)24(4)14-16(20)2/h5-11,16-17,19-20H,12-14H2,1-4H3,(H,23,25)/t16-,17-,19+,20+/m0/s1. The van der Waals surface area contributed by atoms with Gasteiger partial charge in [-0.1, -0.05) is 36.8 Å². The molecule has 2 aromatic rings. The summed E-state index contributed by atoms with van der Waals surface area (Å²) in [5, 5.41) is 3.29. The minimum absolute atomic E-state index is 0.0513. The zero-order valence-electron chi connectivity index (χ0n) is 16.2. The van der Waals surface area contributed by atoms with E-state index in [0.29, 0.717) is 18.4 Å². The molecule has 0 radical (unpaired) electrons. The molecule has 3 rings (SSSR count). The summed E-state index contributed by atoms with van der Waals surface area (Å²) in [4.78, 5) is 15.2. The van der Waals surface area contributed by atoms with Crippen LogP contribution in [0.15, 0.2) is 47.1 Å². The molecule has 0 bridgehead atoms. The molecule has 4 atom stereocenters. The van der Waals surface area contributed by atoms with Crippen molar-refractivity contribution >= 4 is 5.91 Å². The van der Waals surface area contributed by atoms with Crippen LogP contribution in [0.4, 0.5) is 0 Å². The first-order chi connectivity index (χ1) is 12.4. The van der Waals surface area contributed by atoms with E-state index < -0.39 is 0 Å². The highest BCUT2D eigenvalue weighted by Crippen LogP contribution is 2.29. The maximum Gasteiger partial charge on any atom is 0.221 e. The first kappa shape index (κ1) is 18.7. The largest absolute Gasteiger partial charge is 0.469 e. The van der Waals surface area contributed by atoms with Gasteiger partial charge in [-0.3, -0.25) is 4.79 Å². The fraction of sp³-hybridized carbons (Fsp3) is 0.500. The van der Waals surface area contributed by atoms with Gasteiger partial charge in [-0.15, -0.1) is 0 Å². The molecule has 1 aliphatic heterocycles. The summed E-state index contributed by atoms with van der Waals surface area (Å²) in [7, 11) is 2.16. The summed E-state index contributed by atoms with van der Waals surface area (Å²) in [6, 6.07) is 12.9. The summed E-state index contributed by atoms with van der Waals surface area (Å²) in [5.74, 6) is 1.35. The van der Waals surface area contributed by atoms with Gasteiger partial charge in [-0.25, -0.2) is 0 Å². The molecule has 0 aliphatic carbocycles. The van der Waals surface area contributed by atoms with Crippen molar-refractivity contribution in [1.82, 2.24) is 10.2 Å². The molecule has 4 nitrogen and oxygen atoms in total. The average molecular weight is 354 g/mol. The molecular formula is C22H30N2O2. The summed E-state index contributed by atoms with van der Waals surface area (Å²) < 4.78 is 5.64. The molecule has 0 spiro atoms. The van der Waals surface area contributed by atoms with E-state index >= 15 is 0 Å². The fourth-order valence-corrected chi connectivity index (χ4v) is 3.86. The van der Waals surface area contributed by atoms with E-state index in [1.807, 2.05) is 12.1 Å². The molecule has 1 N–H and O–H groups in total. The Kier molecular flexibility index (Phi) is 5.82. The molecule has 1 fully saturated rings. The lowest BCUT2D eigenvalue weighted by Crippen LogP contribution is -2.52. The van der Waals surface area contributed by atoms with Gasteiger partial charge in [-0.05, 0) is 50.9 Å². The van der Waals surface area contributed by atoms with Gasteiger partial charge in [0.2, 0.25) is 5.91 Å². The summed E-state index contributed by atoms with van der Waals surface area (Å²) in [5.41, 5.74) is 2.33. The number of likely N-dealkylation sites (tertiary alicyclic amines) is 1. The summed E-state index contributed by atoms with van der Waals surface area (Å²) >= 11 is 0. The zero-order valence-corrected chi connectivity index (χ0v) is 16.2. The number of nitrogens with zero attached hydrogens (tertiary/aromatic N) is 1. The number of rotatable bonds is 5. The van der Waals surface area contributed by atoms with Crippen LogP contribution in [-0.4, -0.2) is 36.5 Å². The lowest BCUT2D eigenvalue weighted by molar-refractivity contribution is -0.123. The van der Waals surface area contributed by atoms with Gasteiger partial charge in [0, 0.05) is 25.0 Å². The molecule has 26 heavy (non-hydrogen) atoms. The van der Waals surface area contributed by atoms with Crippen LogP contribution in [0.3, 0.4) is 0 Å². The Morgan fingerprint density at radius 2 is 2.00 bits per heavy atom. The van der Waals surface area contributed by atoms with E-state index in [0.717, 1.165) is 24.3 Å². The second kappa shape index (κ2) is 8.09. The highest BCUT2D eigenvalue weighted by Gasteiger charge is 2.31. The molecule has 140 valence electrons. The first-order valence-corrected chi connectivity index (χ1v) is 9.53. The minimum atomic E-state index is -0.0513. The van der Waals surface area contributed by atoms with Crippen LogP contribution in [-0.2, 0) is 4.79 Å². The van der Waals surface area contributed by atoms with Gasteiger partial charge in [0.1, 0.15) is 5.76 Å². The van der Waals surface area contributed by atoms with E-state index in [-0.39, 0.29) is 17.9 Å². The van der Waals surface area contributed by atoms with E-state index in [9.17, 15) is 4.79 Å². The molecule has 2 heterocycles. The number of amides is 1. The second-order valence-corrected chi connectivity index (χ2v) is 7.86. The smallest absolute Gasteiger partial charge is 0.221 e. The van der Waals surface area contributed by atoms with Crippen molar-refractivity contribution in [2.24, 2.45) is 5.92 Å². The molecule has 4 heteroatoms. The van der Waals surface area contributed by atoms with Crippen molar-refractivity contribution in [3.05, 3.63) is 59.5 Å². The normalized spacial score (nSPS) is 25.0. The quantitative estimate of drug-likeness (QED) is 0.884. The Labute approximate surface area is 156 Å². The topological polar surface area (TPSA) is 45.5 Å². The van der Waals surface area contributed by atoms with E-state index in [2.05, 4.69) is 62.3 Å². The number of nitrogens with one attached hydrogen (secondary N) is 1. The average Bonchev–Trinajstić information content (AvgIpc) is 3.13. The Morgan fingerprint density at radius 3 is 2.65 bits per heavy atom. The molecule has 1 aromatic carbocycles. The highest BCUT2D eigenvalue weighted by molar-refractivity contribution is 5.77. The minimum Gasteiger partial charge on any atom is -0.469 e. The van der Waals surface area contributed by atoms with Crippen LogP contribution >= 0.6 is 0 Å². The van der Waals surface area contributed by atoms with Crippen LogP contribution in [0.5, 0.6) is 0 Å². The number of carbonyl (C=O) groups is 1.